The molecule has 1 aromatic heterocycles. The lowest BCUT2D eigenvalue weighted by Crippen LogP contribution is -2.20. The standard InChI is InChI=1S/C25H24N4O2/c1-4-31-22-13-11-19(12-14-22)23-16(2)24(28-27-23)25(30)29-26-17(3)20-10-9-18-7-5-6-8-21(18)15-20/h5-15H,4H2,1-3H3,(H,27,28)(H,29,30). The molecule has 0 saturated carbocycles. The summed E-state index contributed by atoms with van der Waals surface area (Å²) in [5.41, 5.74) is 7.10. The monoisotopic (exact) mass is 412 g/mol. The predicted molar refractivity (Wildman–Crippen MR) is 124 cm³/mol. The number of hydrogen-bond donors (Lipinski definition) is 2. The topological polar surface area (TPSA) is 79.4 Å². The van der Waals surface area contributed by atoms with E-state index in [9.17, 15) is 4.79 Å². The fourth-order valence-electron chi connectivity index (χ4n) is 3.45. The Morgan fingerprint density at radius 2 is 1.81 bits per heavy atom. The van der Waals surface area contributed by atoms with Gasteiger partial charge in [-0.2, -0.15) is 10.2 Å². The van der Waals surface area contributed by atoms with E-state index in [4.69, 9.17) is 4.74 Å². The third kappa shape index (κ3) is 4.33. The highest BCUT2D eigenvalue weighted by molar-refractivity contribution is 6.03. The maximum absolute atomic E-state index is 12.7. The summed E-state index contributed by atoms with van der Waals surface area (Å²) in [7, 11) is 0. The van der Waals surface area contributed by atoms with Crippen LogP contribution in [0.15, 0.2) is 71.8 Å². The Bertz CT molecular complexity index is 1260. The van der Waals surface area contributed by atoms with Crippen LogP contribution in [0.4, 0.5) is 0 Å². The summed E-state index contributed by atoms with van der Waals surface area (Å²) in [6, 6.07) is 21.9. The van der Waals surface area contributed by atoms with Gasteiger partial charge in [0.05, 0.1) is 18.0 Å². The van der Waals surface area contributed by atoms with Crippen LogP contribution in [-0.2, 0) is 0 Å². The second-order valence-electron chi connectivity index (χ2n) is 7.23. The number of rotatable bonds is 6. The highest BCUT2D eigenvalue weighted by Gasteiger charge is 2.17. The van der Waals surface area contributed by atoms with Crippen molar-refractivity contribution in [3.63, 3.8) is 0 Å². The number of fused-ring (bicyclic) bond motifs is 1. The summed E-state index contributed by atoms with van der Waals surface area (Å²) in [5.74, 6) is 0.471. The van der Waals surface area contributed by atoms with Crippen molar-refractivity contribution in [2.45, 2.75) is 20.8 Å². The van der Waals surface area contributed by atoms with Crippen LogP contribution >= 0.6 is 0 Å². The highest BCUT2D eigenvalue weighted by Crippen LogP contribution is 2.25. The molecule has 0 bridgehead atoms. The molecule has 0 atom stereocenters. The Kier molecular flexibility index (Phi) is 5.80. The SMILES string of the molecule is CCOc1ccc(-c2n[nH]c(C(=O)NN=C(C)c3ccc4ccccc4c3)c2C)cc1. The summed E-state index contributed by atoms with van der Waals surface area (Å²) >= 11 is 0. The van der Waals surface area contributed by atoms with E-state index in [0.717, 1.165) is 44.6 Å². The van der Waals surface area contributed by atoms with Gasteiger partial charge >= 0.3 is 0 Å². The molecule has 0 saturated heterocycles. The van der Waals surface area contributed by atoms with E-state index in [-0.39, 0.29) is 5.91 Å². The molecule has 31 heavy (non-hydrogen) atoms. The molecule has 1 amide bonds. The fourth-order valence-corrected chi connectivity index (χ4v) is 3.45. The lowest BCUT2D eigenvalue weighted by Gasteiger charge is -2.05. The van der Waals surface area contributed by atoms with Crippen LogP contribution in [0.2, 0.25) is 0 Å². The number of H-pyrrole nitrogens is 1. The van der Waals surface area contributed by atoms with Gasteiger partial charge in [0.1, 0.15) is 11.4 Å². The van der Waals surface area contributed by atoms with Crippen molar-refractivity contribution in [3.05, 3.63) is 83.6 Å². The van der Waals surface area contributed by atoms with Crippen molar-refractivity contribution in [1.29, 1.82) is 0 Å². The van der Waals surface area contributed by atoms with Crippen LogP contribution < -0.4 is 10.2 Å². The Hall–Kier alpha value is -3.93. The lowest BCUT2D eigenvalue weighted by molar-refractivity contribution is 0.0949. The van der Waals surface area contributed by atoms with Gasteiger partial charge in [-0.05, 0) is 67.4 Å². The summed E-state index contributed by atoms with van der Waals surface area (Å²) in [4.78, 5) is 12.7. The van der Waals surface area contributed by atoms with Crippen LogP contribution in [0.1, 0.15) is 35.5 Å². The number of hydrazone groups is 1. The lowest BCUT2D eigenvalue weighted by atomic mass is 10.0. The van der Waals surface area contributed by atoms with E-state index in [1.807, 2.05) is 69.3 Å². The maximum atomic E-state index is 12.7. The van der Waals surface area contributed by atoms with Gasteiger partial charge in [-0.15, -0.1) is 0 Å². The molecule has 156 valence electrons. The number of aromatic nitrogens is 2. The minimum atomic E-state index is -0.331. The molecular formula is C25H24N4O2. The average molecular weight is 412 g/mol. The van der Waals surface area contributed by atoms with Gasteiger partial charge in [0, 0.05) is 11.1 Å². The normalized spacial score (nSPS) is 11.5. The number of aromatic amines is 1. The van der Waals surface area contributed by atoms with Gasteiger partial charge in [0.15, 0.2) is 0 Å². The summed E-state index contributed by atoms with van der Waals surface area (Å²) < 4.78 is 5.48. The minimum absolute atomic E-state index is 0.331. The molecule has 6 nitrogen and oxygen atoms in total. The number of nitrogens with one attached hydrogen (secondary N) is 2. The smallest absolute Gasteiger partial charge is 0.289 e. The number of hydrogen-bond acceptors (Lipinski definition) is 4. The summed E-state index contributed by atoms with van der Waals surface area (Å²) in [5, 5.41) is 13.7. The molecule has 1 heterocycles. The second kappa shape index (κ2) is 8.83. The molecule has 0 aliphatic rings. The van der Waals surface area contributed by atoms with Crippen molar-refractivity contribution in [2.75, 3.05) is 6.61 Å². The van der Waals surface area contributed by atoms with Crippen molar-refractivity contribution in [1.82, 2.24) is 15.6 Å². The predicted octanol–water partition coefficient (Wildman–Crippen LogP) is 5.09. The molecule has 3 aromatic carbocycles. The molecule has 0 radical (unpaired) electrons. The molecule has 0 fully saturated rings. The van der Waals surface area contributed by atoms with E-state index >= 15 is 0 Å². The Morgan fingerprint density at radius 1 is 1.06 bits per heavy atom. The van der Waals surface area contributed by atoms with Gasteiger partial charge in [0.2, 0.25) is 0 Å². The van der Waals surface area contributed by atoms with Crippen LogP contribution in [0, 0.1) is 6.92 Å². The largest absolute Gasteiger partial charge is 0.494 e. The van der Waals surface area contributed by atoms with Crippen LogP contribution in [0.3, 0.4) is 0 Å². The molecule has 4 aromatic rings. The zero-order chi connectivity index (χ0) is 21.8. The Labute approximate surface area is 181 Å². The van der Waals surface area contributed by atoms with Crippen LogP contribution in [0.5, 0.6) is 5.75 Å². The maximum Gasteiger partial charge on any atom is 0.289 e. The van der Waals surface area contributed by atoms with E-state index in [0.29, 0.717) is 12.3 Å². The first-order chi connectivity index (χ1) is 15.1. The number of nitrogens with zero attached hydrogens (tertiary/aromatic N) is 2. The molecular weight excluding hydrogens is 388 g/mol. The zero-order valence-electron chi connectivity index (χ0n) is 17.8. The number of amides is 1. The van der Waals surface area contributed by atoms with Gasteiger partial charge in [-0.1, -0.05) is 36.4 Å². The van der Waals surface area contributed by atoms with Crippen LogP contribution in [-0.4, -0.2) is 28.4 Å². The van der Waals surface area contributed by atoms with Crippen molar-refractivity contribution in [2.24, 2.45) is 5.10 Å². The third-order valence-electron chi connectivity index (χ3n) is 5.17. The van der Waals surface area contributed by atoms with E-state index in [2.05, 4.69) is 38.9 Å². The van der Waals surface area contributed by atoms with Gasteiger partial charge in [-0.3, -0.25) is 9.89 Å². The van der Waals surface area contributed by atoms with Crippen molar-refractivity contribution < 1.29 is 9.53 Å². The zero-order valence-corrected chi connectivity index (χ0v) is 17.8. The number of benzene rings is 3. The molecule has 2 N–H and O–H groups in total. The molecule has 4 rings (SSSR count). The first-order valence-electron chi connectivity index (χ1n) is 10.2. The minimum Gasteiger partial charge on any atom is -0.494 e. The third-order valence-corrected chi connectivity index (χ3v) is 5.17. The number of carbonyl (C=O) groups is 1. The van der Waals surface area contributed by atoms with E-state index < -0.39 is 0 Å². The first-order valence-corrected chi connectivity index (χ1v) is 10.2. The second-order valence-corrected chi connectivity index (χ2v) is 7.23. The molecule has 0 aliphatic carbocycles. The molecule has 0 aliphatic heterocycles. The van der Waals surface area contributed by atoms with Gasteiger partial charge in [-0.25, -0.2) is 5.43 Å². The molecule has 0 spiro atoms. The van der Waals surface area contributed by atoms with Gasteiger partial charge < -0.3 is 4.74 Å². The van der Waals surface area contributed by atoms with E-state index in [1.54, 1.807) is 0 Å². The summed E-state index contributed by atoms with van der Waals surface area (Å²) in [6.07, 6.45) is 0. The molecule has 6 heteroatoms. The number of carbonyl (C=O) groups excluding carboxylic acids is 1. The highest BCUT2D eigenvalue weighted by atomic mass is 16.5. The van der Waals surface area contributed by atoms with Crippen molar-refractivity contribution in [3.8, 4) is 17.0 Å². The summed E-state index contributed by atoms with van der Waals surface area (Å²) in [6.45, 7) is 6.30. The molecule has 0 unspecified atom stereocenters. The van der Waals surface area contributed by atoms with Crippen molar-refractivity contribution >= 4 is 22.4 Å². The Morgan fingerprint density at radius 3 is 2.55 bits per heavy atom. The first kappa shape index (κ1) is 20.3. The fraction of sp³-hybridized carbons (Fsp3) is 0.160. The van der Waals surface area contributed by atoms with E-state index in [1.165, 1.54) is 0 Å². The Balaban J connectivity index is 1.50. The van der Waals surface area contributed by atoms with Crippen LogP contribution in [0.25, 0.3) is 22.0 Å². The average Bonchev–Trinajstić information content (AvgIpc) is 3.19. The number of ether oxygens (including phenoxy) is 1. The quantitative estimate of drug-likeness (QED) is 0.342. The van der Waals surface area contributed by atoms with Gasteiger partial charge in [0.25, 0.3) is 5.91 Å².